The molecule has 0 atom stereocenters. The van der Waals surface area contributed by atoms with Gasteiger partial charge in [0.15, 0.2) is 0 Å². The smallest absolute Gasteiger partial charge is 0.0788 e. The summed E-state index contributed by atoms with van der Waals surface area (Å²) in [6, 6.07) is 34.4. The van der Waals surface area contributed by atoms with Crippen LogP contribution in [0.4, 0.5) is 0 Å². The Morgan fingerprint density at radius 1 is 0.371 bits per heavy atom. The van der Waals surface area contributed by atoms with Gasteiger partial charge >= 0.3 is 0 Å². The normalized spacial score (nSPS) is 11.4. The number of benzene rings is 2. The van der Waals surface area contributed by atoms with Crippen LogP contribution in [0, 0.1) is 0 Å². The highest BCUT2D eigenvalue weighted by Crippen LogP contribution is 2.44. The van der Waals surface area contributed by atoms with E-state index in [1.54, 1.807) is 0 Å². The van der Waals surface area contributed by atoms with E-state index in [-0.39, 0.29) is 0 Å². The predicted octanol–water partition coefficient (Wildman–Crippen LogP) is 9.64. The van der Waals surface area contributed by atoms with Crippen LogP contribution in [-0.2, 0) is 0 Å². The third-order valence-electron chi connectivity index (χ3n) is 6.10. The van der Waals surface area contributed by atoms with Crippen LogP contribution in [0.25, 0.3) is 62.2 Å². The van der Waals surface area contributed by atoms with Gasteiger partial charge < -0.3 is 0 Å². The van der Waals surface area contributed by atoms with Crippen molar-refractivity contribution < 1.29 is 0 Å². The van der Waals surface area contributed by atoms with E-state index in [9.17, 15) is 0 Å². The number of rotatable bonds is 4. The average molecular weight is 503 g/mol. The second-order valence-electron chi connectivity index (χ2n) is 8.25. The lowest BCUT2D eigenvalue weighted by Crippen LogP contribution is -1.81. The van der Waals surface area contributed by atoms with Crippen molar-refractivity contribution in [1.82, 2.24) is 9.97 Å². The van der Waals surface area contributed by atoms with E-state index in [1.165, 1.54) is 51.2 Å². The fourth-order valence-electron chi connectivity index (χ4n) is 4.44. The molecular weight excluding hydrogens is 485 g/mol. The maximum absolute atomic E-state index is 4.64. The van der Waals surface area contributed by atoms with Gasteiger partial charge in [0.1, 0.15) is 0 Å². The summed E-state index contributed by atoms with van der Waals surface area (Å²) in [5.41, 5.74) is 4.51. The Bertz CT molecular complexity index is 1680. The minimum atomic E-state index is 1.06. The molecule has 0 aliphatic carbocycles. The summed E-state index contributed by atoms with van der Waals surface area (Å²) in [5, 5.41) is 2.35. The number of thiophene rings is 3. The van der Waals surface area contributed by atoms with E-state index in [0.29, 0.717) is 0 Å². The fourth-order valence-corrected chi connectivity index (χ4v) is 7.69. The molecule has 0 N–H and O–H groups in total. The maximum Gasteiger partial charge on any atom is 0.0788 e. The minimum absolute atomic E-state index is 1.06. The Kier molecular flexibility index (Phi) is 5.05. The van der Waals surface area contributed by atoms with Gasteiger partial charge in [-0.15, -0.1) is 34.0 Å². The molecule has 0 unspecified atom stereocenters. The number of pyridine rings is 2. The number of hydrogen-bond acceptors (Lipinski definition) is 5. The minimum Gasteiger partial charge on any atom is -0.256 e. The molecule has 2 nitrogen and oxygen atoms in total. The lowest BCUT2D eigenvalue weighted by Gasteiger charge is -2.02. The van der Waals surface area contributed by atoms with E-state index in [0.717, 1.165) is 11.0 Å². The first-order chi connectivity index (χ1) is 17.3. The summed E-state index contributed by atoms with van der Waals surface area (Å²) in [4.78, 5) is 17.0. The van der Waals surface area contributed by atoms with E-state index in [1.807, 2.05) is 58.5 Å². The molecule has 0 aliphatic rings. The highest BCUT2D eigenvalue weighted by atomic mass is 32.1. The molecule has 0 aliphatic heterocycles. The zero-order chi connectivity index (χ0) is 23.2. The third-order valence-corrected chi connectivity index (χ3v) is 9.81. The summed E-state index contributed by atoms with van der Waals surface area (Å²) in [7, 11) is 0. The average Bonchev–Trinajstić information content (AvgIpc) is 3.68. The van der Waals surface area contributed by atoms with Gasteiger partial charge in [-0.3, -0.25) is 9.97 Å². The summed E-state index contributed by atoms with van der Waals surface area (Å²) >= 11 is 5.52. The van der Waals surface area contributed by atoms with Gasteiger partial charge in [0.05, 0.1) is 11.0 Å². The zero-order valence-electron chi connectivity index (χ0n) is 18.5. The van der Waals surface area contributed by atoms with Crippen molar-refractivity contribution in [2.24, 2.45) is 0 Å². The maximum atomic E-state index is 4.64. The van der Waals surface area contributed by atoms with E-state index in [2.05, 4.69) is 94.9 Å². The largest absolute Gasteiger partial charge is 0.256 e. The van der Waals surface area contributed by atoms with Crippen LogP contribution in [0.15, 0.2) is 109 Å². The second-order valence-corrected chi connectivity index (χ2v) is 11.5. The summed E-state index contributed by atoms with van der Waals surface area (Å²) in [5.74, 6) is 0. The Hall–Kier alpha value is -3.64. The molecule has 5 aromatic heterocycles. The topological polar surface area (TPSA) is 25.8 Å². The van der Waals surface area contributed by atoms with Crippen LogP contribution < -0.4 is 0 Å². The van der Waals surface area contributed by atoms with Gasteiger partial charge in [-0.05, 0) is 48.5 Å². The molecule has 0 saturated carbocycles. The second kappa shape index (κ2) is 8.54. The molecule has 2 aromatic carbocycles. The monoisotopic (exact) mass is 502 g/mol. The summed E-state index contributed by atoms with van der Waals surface area (Å²) in [6.07, 6.45) is 3.74. The zero-order valence-corrected chi connectivity index (χ0v) is 21.0. The summed E-state index contributed by atoms with van der Waals surface area (Å²) < 4.78 is 0. The molecule has 7 rings (SSSR count). The lowest BCUT2D eigenvalue weighted by molar-refractivity contribution is 1.41. The lowest BCUT2D eigenvalue weighted by atomic mass is 10.1. The van der Waals surface area contributed by atoms with Gasteiger partial charge in [0.2, 0.25) is 0 Å². The van der Waals surface area contributed by atoms with Crippen LogP contribution in [0.3, 0.4) is 0 Å². The number of nitrogens with zero attached hydrogens (tertiary/aromatic N) is 2. The quantitative estimate of drug-likeness (QED) is 0.239. The third kappa shape index (κ3) is 3.69. The first kappa shape index (κ1) is 20.7. The number of fused-ring (bicyclic) bond motifs is 2. The first-order valence-electron chi connectivity index (χ1n) is 11.3. The number of aromatic nitrogens is 2. The van der Waals surface area contributed by atoms with Crippen molar-refractivity contribution in [2.45, 2.75) is 0 Å². The van der Waals surface area contributed by atoms with E-state index < -0.39 is 0 Å². The van der Waals surface area contributed by atoms with Crippen molar-refractivity contribution in [3.05, 3.63) is 109 Å². The van der Waals surface area contributed by atoms with Crippen LogP contribution in [0.2, 0.25) is 0 Å². The van der Waals surface area contributed by atoms with Crippen molar-refractivity contribution >= 4 is 55.8 Å². The van der Waals surface area contributed by atoms with Gasteiger partial charge in [-0.25, -0.2) is 0 Å². The molecule has 5 heteroatoms. The molecule has 0 radical (unpaired) electrons. The molecule has 0 fully saturated rings. The first-order valence-corrected chi connectivity index (χ1v) is 13.8. The van der Waals surface area contributed by atoms with Crippen molar-refractivity contribution in [3.63, 3.8) is 0 Å². The van der Waals surface area contributed by atoms with Crippen molar-refractivity contribution in [1.29, 1.82) is 0 Å². The Balaban J connectivity index is 1.21. The molecular formula is C30H18N2S3. The van der Waals surface area contributed by atoms with Crippen LogP contribution in [0.1, 0.15) is 0 Å². The van der Waals surface area contributed by atoms with Crippen molar-refractivity contribution in [2.75, 3.05) is 0 Å². The molecule has 0 amide bonds. The molecule has 0 spiro atoms. The molecule has 7 aromatic rings. The van der Waals surface area contributed by atoms with Crippen molar-refractivity contribution in [3.8, 4) is 40.4 Å². The number of hydrogen-bond donors (Lipinski definition) is 0. The van der Waals surface area contributed by atoms with Gasteiger partial charge in [0, 0.05) is 63.6 Å². The van der Waals surface area contributed by atoms with E-state index >= 15 is 0 Å². The SMILES string of the molecule is c1cnc2c(-c3ccc(-c4ccc(-c5ccc(-c6cccc7cccnc67)s5)s4)s3)cccc2c1. The van der Waals surface area contributed by atoms with E-state index in [4.69, 9.17) is 0 Å². The highest BCUT2D eigenvalue weighted by molar-refractivity contribution is 7.28. The van der Waals surface area contributed by atoms with Crippen LogP contribution in [-0.4, -0.2) is 9.97 Å². The predicted molar refractivity (Wildman–Crippen MR) is 152 cm³/mol. The molecule has 0 bridgehead atoms. The molecule has 0 saturated heterocycles. The summed E-state index contributed by atoms with van der Waals surface area (Å²) in [6.45, 7) is 0. The Labute approximate surface area is 214 Å². The van der Waals surface area contributed by atoms with Crippen LogP contribution >= 0.6 is 34.0 Å². The Morgan fingerprint density at radius 3 is 1.20 bits per heavy atom. The molecule has 166 valence electrons. The molecule has 5 heterocycles. The highest BCUT2D eigenvalue weighted by Gasteiger charge is 2.13. The standard InChI is InChI=1S/C30H18N2S3/c1-5-19-7-3-17-31-29(19)21(9-1)23-11-13-25(33-23)27-15-16-28(35-27)26-14-12-24(34-26)22-10-2-6-20-8-4-18-32-30(20)22/h1-18H. The van der Waals surface area contributed by atoms with Crippen LogP contribution in [0.5, 0.6) is 0 Å². The van der Waals surface area contributed by atoms with Gasteiger partial charge in [-0.1, -0.05) is 48.5 Å². The fraction of sp³-hybridized carbons (Fsp3) is 0. The Morgan fingerprint density at radius 2 is 0.743 bits per heavy atom. The molecule has 35 heavy (non-hydrogen) atoms. The van der Waals surface area contributed by atoms with Gasteiger partial charge in [-0.2, -0.15) is 0 Å². The van der Waals surface area contributed by atoms with Gasteiger partial charge in [0.25, 0.3) is 0 Å². The number of para-hydroxylation sites is 2.